The smallest absolute Gasteiger partial charge is 0.416 e. The molecule has 4 aromatic rings. The number of nitrogens with one attached hydrogen (secondary N) is 1. The number of anilines is 1. The van der Waals surface area contributed by atoms with Crippen LogP contribution in [0.15, 0.2) is 76.6 Å². The minimum Gasteiger partial charge on any atom is -0.493 e. The number of halogens is 3. The van der Waals surface area contributed by atoms with Crippen molar-refractivity contribution in [2.24, 2.45) is 29.6 Å². The summed E-state index contributed by atoms with van der Waals surface area (Å²) in [5.74, 6) is -1.70. The van der Waals surface area contributed by atoms with Crippen LogP contribution in [0.1, 0.15) is 39.5 Å². The number of thioether (sulfide) groups is 1. The van der Waals surface area contributed by atoms with E-state index in [1.54, 1.807) is 18.9 Å². The van der Waals surface area contributed by atoms with E-state index >= 15 is 0 Å². The molecule has 7 nitrogen and oxygen atoms in total. The number of aryl methyl sites for hydroxylation is 1. The lowest BCUT2D eigenvalue weighted by Gasteiger charge is -2.43. The lowest BCUT2D eigenvalue weighted by molar-refractivity contribution is -0.137. The van der Waals surface area contributed by atoms with Crippen LogP contribution in [0.4, 0.5) is 18.9 Å². The highest BCUT2D eigenvalue weighted by Crippen LogP contribution is 2.69. The number of thiazole rings is 1. The summed E-state index contributed by atoms with van der Waals surface area (Å²) in [4.78, 5) is 45.2. The van der Waals surface area contributed by atoms with Gasteiger partial charge in [-0.05, 0) is 72.6 Å². The number of aromatic nitrogens is 1. The lowest BCUT2D eigenvalue weighted by atomic mass is 9.68. The van der Waals surface area contributed by atoms with Crippen molar-refractivity contribution in [2.75, 3.05) is 12.0 Å². The van der Waals surface area contributed by atoms with E-state index in [1.165, 1.54) is 12.1 Å². The highest BCUT2D eigenvalue weighted by atomic mass is 32.2. The summed E-state index contributed by atoms with van der Waals surface area (Å²) in [5, 5.41) is 0.700. The summed E-state index contributed by atoms with van der Waals surface area (Å²) in [6, 6.07) is 18.2. The molecule has 3 heterocycles. The molecule has 3 fully saturated rings. The topological polar surface area (TPSA) is 88.7 Å². The van der Waals surface area contributed by atoms with Crippen LogP contribution in [0.3, 0.4) is 0 Å². The third kappa shape index (κ3) is 4.82. The Morgan fingerprint density at radius 3 is 2.45 bits per heavy atom. The molecule has 1 saturated heterocycles. The molecule has 2 aliphatic heterocycles. The van der Waals surface area contributed by atoms with Crippen molar-refractivity contribution in [2.45, 2.75) is 42.3 Å². The summed E-state index contributed by atoms with van der Waals surface area (Å²) in [5.41, 5.74) is 2.11. The van der Waals surface area contributed by atoms with Crippen molar-refractivity contribution in [1.82, 2.24) is 4.98 Å². The SMILES string of the molecule is COc1cc(C2c3sc(=O)[nH]c3SC3C2[C@H]2C[C@@H]3C3C(=O)N(c4cccc(C(F)(F)F)c4)C(=O)C32)ccc1OCc1cccc(C)c1. The van der Waals surface area contributed by atoms with Gasteiger partial charge < -0.3 is 14.5 Å². The minimum absolute atomic E-state index is 0.0507. The Morgan fingerprint density at radius 1 is 0.936 bits per heavy atom. The van der Waals surface area contributed by atoms with Crippen LogP contribution in [-0.4, -0.2) is 29.2 Å². The molecule has 242 valence electrons. The van der Waals surface area contributed by atoms with E-state index < -0.39 is 35.4 Å². The Kier molecular flexibility index (Phi) is 7.10. The third-order valence-electron chi connectivity index (χ3n) is 10.2. The molecule has 2 bridgehead atoms. The molecule has 2 aliphatic carbocycles. The summed E-state index contributed by atoms with van der Waals surface area (Å²) in [6.45, 7) is 2.38. The number of rotatable bonds is 6. The Labute approximate surface area is 276 Å². The molecule has 0 spiro atoms. The van der Waals surface area contributed by atoms with Crippen LogP contribution in [0, 0.1) is 36.5 Å². The fourth-order valence-corrected chi connectivity index (χ4v) is 11.3. The van der Waals surface area contributed by atoms with Crippen molar-refractivity contribution < 1.29 is 32.2 Å². The number of carbonyl (C=O) groups excluding carboxylic acids is 2. The first-order valence-corrected chi connectivity index (χ1v) is 17.0. The number of aromatic amines is 1. The maximum atomic E-state index is 14.0. The second-order valence-corrected chi connectivity index (χ2v) is 14.9. The summed E-state index contributed by atoms with van der Waals surface area (Å²) in [7, 11) is 1.57. The van der Waals surface area contributed by atoms with Crippen LogP contribution in [0.25, 0.3) is 0 Å². The van der Waals surface area contributed by atoms with Gasteiger partial charge in [0.2, 0.25) is 11.8 Å². The number of amides is 2. The van der Waals surface area contributed by atoms with Gasteiger partial charge in [0.25, 0.3) is 0 Å². The largest absolute Gasteiger partial charge is 0.493 e. The van der Waals surface area contributed by atoms with E-state index in [2.05, 4.69) is 11.1 Å². The molecule has 3 aromatic carbocycles. The van der Waals surface area contributed by atoms with Crippen LogP contribution >= 0.6 is 23.1 Å². The van der Waals surface area contributed by atoms with E-state index in [0.29, 0.717) is 24.5 Å². The molecule has 12 heteroatoms. The number of ether oxygens (including phenoxy) is 2. The van der Waals surface area contributed by atoms with Crippen molar-refractivity contribution in [3.8, 4) is 11.5 Å². The summed E-state index contributed by atoms with van der Waals surface area (Å²) < 4.78 is 52.5. The van der Waals surface area contributed by atoms with Gasteiger partial charge in [-0.25, -0.2) is 0 Å². The Bertz CT molecular complexity index is 1990. The van der Waals surface area contributed by atoms with E-state index in [0.717, 1.165) is 55.0 Å². The van der Waals surface area contributed by atoms with Crippen molar-refractivity contribution in [3.05, 3.63) is 104 Å². The number of H-pyrrole nitrogens is 1. The number of carbonyl (C=O) groups is 2. The monoisotopic (exact) mass is 678 g/mol. The van der Waals surface area contributed by atoms with Crippen LogP contribution in [0.5, 0.6) is 11.5 Å². The molecule has 2 saturated carbocycles. The van der Waals surface area contributed by atoms with Gasteiger partial charge in [-0.3, -0.25) is 19.3 Å². The molecule has 7 atom stereocenters. The van der Waals surface area contributed by atoms with Crippen molar-refractivity contribution in [1.29, 1.82) is 0 Å². The zero-order chi connectivity index (χ0) is 32.8. The molecule has 5 unspecified atom stereocenters. The van der Waals surface area contributed by atoms with Gasteiger partial charge in [-0.15, -0.1) is 11.8 Å². The highest BCUT2D eigenvalue weighted by Gasteiger charge is 2.69. The highest BCUT2D eigenvalue weighted by molar-refractivity contribution is 8.00. The standard InChI is InChI=1S/C35H29F3N2O5S2/c1-16-5-3-6-17(11-16)15-45-23-10-9-18(12-24(23)44-2)25-26-21-14-22(29(26)46-31-30(25)47-34(43)39-31)28-27(21)32(41)40(33(28)42)20-8-4-7-19(13-20)35(36,37)38/h3-13,21-22,25-29H,14-15H2,1-2H3,(H,39,43)/t21-,22-,25?,26?,27?,28?,29?/m1/s1. The Morgan fingerprint density at radius 2 is 1.70 bits per heavy atom. The first-order chi connectivity index (χ1) is 22.5. The molecule has 1 N–H and O–H groups in total. The van der Waals surface area contributed by atoms with Crippen LogP contribution < -0.4 is 19.2 Å². The van der Waals surface area contributed by atoms with E-state index in [1.807, 2.05) is 43.3 Å². The zero-order valence-corrected chi connectivity index (χ0v) is 26.9. The van der Waals surface area contributed by atoms with Gasteiger partial charge in [0.05, 0.1) is 35.2 Å². The fraction of sp³-hybridized carbons (Fsp3) is 0.343. The number of alkyl halides is 3. The van der Waals surface area contributed by atoms with Gasteiger partial charge in [0.1, 0.15) is 6.61 Å². The number of imide groups is 1. The zero-order valence-electron chi connectivity index (χ0n) is 25.2. The fourth-order valence-electron chi connectivity index (χ4n) is 8.43. The maximum absolute atomic E-state index is 14.0. The van der Waals surface area contributed by atoms with Crippen LogP contribution in [0.2, 0.25) is 0 Å². The predicted molar refractivity (Wildman–Crippen MR) is 171 cm³/mol. The molecule has 1 aromatic heterocycles. The van der Waals surface area contributed by atoms with Crippen molar-refractivity contribution in [3.63, 3.8) is 0 Å². The van der Waals surface area contributed by atoms with E-state index in [4.69, 9.17) is 9.47 Å². The molecule has 2 amide bonds. The lowest BCUT2D eigenvalue weighted by Crippen LogP contribution is -2.42. The second kappa shape index (κ2) is 11.0. The van der Waals surface area contributed by atoms with Gasteiger partial charge >= 0.3 is 11.0 Å². The molecule has 47 heavy (non-hydrogen) atoms. The van der Waals surface area contributed by atoms with Gasteiger partial charge in [0.15, 0.2) is 11.5 Å². The van der Waals surface area contributed by atoms with Crippen LogP contribution in [-0.2, 0) is 22.4 Å². The molecule has 8 rings (SSSR count). The number of nitrogens with zero attached hydrogens (tertiary/aromatic N) is 1. The molecular formula is C35H29F3N2O5S2. The first-order valence-electron chi connectivity index (χ1n) is 15.3. The minimum atomic E-state index is -4.61. The van der Waals surface area contributed by atoms with Gasteiger partial charge in [0, 0.05) is 16.0 Å². The Hall–Kier alpha value is -4.03. The molecular weight excluding hydrogens is 650 g/mol. The molecule has 0 radical (unpaired) electrons. The summed E-state index contributed by atoms with van der Waals surface area (Å²) >= 11 is 2.70. The predicted octanol–water partition coefficient (Wildman–Crippen LogP) is 7.03. The normalized spacial score (nSPS) is 27.5. The van der Waals surface area contributed by atoms with Gasteiger partial charge in [-0.2, -0.15) is 13.2 Å². The second-order valence-electron chi connectivity index (χ2n) is 12.7. The van der Waals surface area contributed by atoms with E-state index in [-0.39, 0.29) is 39.5 Å². The Balaban J connectivity index is 1.14. The first kappa shape index (κ1) is 30.3. The maximum Gasteiger partial charge on any atom is 0.416 e. The molecule has 4 aliphatic rings. The van der Waals surface area contributed by atoms with Crippen molar-refractivity contribution >= 4 is 40.6 Å². The number of benzene rings is 3. The van der Waals surface area contributed by atoms with Gasteiger partial charge in [-0.1, -0.05) is 53.3 Å². The number of fused-ring (bicyclic) bond motifs is 9. The number of hydrogen-bond acceptors (Lipinski definition) is 7. The third-order valence-corrected chi connectivity index (χ3v) is 12.8. The summed E-state index contributed by atoms with van der Waals surface area (Å²) in [6.07, 6.45) is -3.94. The average Bonchev–Trinajstić information content (AvgIpc) is 3.78. The quantitative estimate of drug-likeness (QED) is 0.221. The number of hydrogen-bond donors (Lipinski definition) is 1. The van der Waals surface area contributed by atoms with E-state index in [9.17, 15) is 27.6 Å². The number of methoxy groups -OCH3 is 1. The average molecular weight is 679 g/mol.